The van der Waals surface area contributed by atoms with E-state index in [1.165, 1.54) is 0 Å². The van der Waals surface area contributed by atoms with Crippen LogP contribution in [0.1, 0.15) is 59.8 Å². The molecule has 6 heteroatoms. The molecule has 0 bridgehead atoms. The number of carbonyl (C=O) groups excluding carboxylic acids is 2. The zero-order valence-electron chi connectivity index (χ0n) is 15.2. The van der Waals surface area contributed by atoms with Gasteiger partial charge in [-0.05, 0) is 31.1 Å². The van der Waals surface area contributed by atoms with E-state index in [1.54, 1.807) is 0 Å². The number of unbranched alkanes of at least 4 members (excludes halogenated alkanes) is 2. The summed E-state index contributed by atoms with van der Waals surface area (Å²) in [5.74, 6) is 0.802. The first-order valence-electron chi connectivity index (χ1n) is 8.60. The largest absolute Gasteiger partial charge is 0.361 e. The van der Waals surface area contributed by atoms with E-state index in [1.807, 2.05) is 27.7 Å². The summed E-state index contributed by atoms with van der Waals surface area (Å²) in [7, 11) is 0. The van der Waals surface area contributed by atoms with Gasteiger partial charge in [-0.1, -0.05) is 27.7 Å². The monoisotopic (exact) mass is 330 g/mol. The van der Waals surface area contributed by atoms with Gasteiger partial charge in [0.15, 0.2) is 0 Å². The number of hydrogen-bond acceptors (Lipinski definition) is 4. The molecule has 0 saturated heterocycles. The summed E-state index contributed by atoms with van der Waals surface area (Å²) in [6.07, 6.45) is 3.94. The Morgan fingerprint density at radius 2 is 1.13 bits per heavy atom. The van der Waals surface area contributed by atoms with Crippen molar-refractivity contribution >= 4 is 11.8 Å². The molecule has 0 aliphatic rings. The maximum atomic E-state index is 11.4. The quantitative estimate of drug-likeness (QED) is 0.379. The van der Waals surface area contributed by atoms with Gasteiger partial charge < -0.3 is 20.1 Å². The summed E-state index contributed by atoms with van der Waals surface area (Å²) >= 11 is 0. The lowest BCUT2D eigenvalue weighted by atomic mass is 10.1. The Morgan fingerprint density at radius 1 is 0.739 bits per heavy atom. The molecule has 0 aromatic carbocycles. The minimum absolute atomic E-state index is 0.0351. The molecule has 0 radical (unpaired) electrons. The van der Waals surface area contributed by atoms with Crippen LogP contribution >= 0.6 is 0 Å². The maximum absolute atomic E-state index is 11.4. The van der Waals surface area contributed by atoms with Gasteiger partial charge >= 0.3 is 0 Å². The highest BCUT2D eigenvalue weighted by molar-refractivity contribution is 5.76. The normalized spacial score (nSPS) is 11.0. The third kappa shape index (κ3) is 17.1. The molecule has 0 heterocycles. The molecule has 2 N–H and O–H groups in total. The van der Waals surface area contributed by atoms with E-state index in [0.29, 0.717) is 37.9 Å². The molecule has 0 unspecified atom stereocenters. The van der Waals surface area contributed by atoms with Gasteiger partial charge in [-0.15, -0.1) is 0 Å². The summed E-state index contributed by atoms with van der Waals surface area (Å²) in [6, 6.07) is 0. The van der Waals surface area contributed by atoms with Crippen LogP contribution in [0.15, 0.2) is 0 Å². The van der Waals surface area contributed by atoms with Crippen molar-refractivity contribution in [2.75, 3.05) is 26.7 Å². The fourth-order valence-corrected chi connectivity index (χ4v) is 1.88. The van der Waals surface area contributed by atoms with Crippen molar-refractivity contribution in [2.24, 2.45) is 11.8 Å². The van der Waals surface area contributed by atoms with Gasteiger partial charge in [0.25, 0.3) is 0 Å². The molecule has 0 saturated carbocycles. The molecule has 0 atom stereocenters. The fraction of sp³-hybridized carbons (Fsp3) is 0.882. The molecule has 2 amide bonds. The van der Waals surface area contributed by atoms with Crippen LogP contribution in [0.2, 0.25) is 0 Å². The highest BCUT2D eigenvalue weighted by atomic mass is 16.5. The average Bonchev–Trinajstić information content (AvgIpc) is 2.43. The van der Waals surface area contributed by atoms with Gasteiger partial charge in [-0.3, -0.25) is 9.59 Å². The highest BCUT2D eigenvalue weighted by Gasteiger charge is 2.04. The summed E-state index contributed by atoms with van der Waals surface area (Å²) in [5.41, 5.74) is 0. The predicted octanol–water partition coefficient (Wildman–Crippen LogP) is 2.43. The van der Waals surface area contributed by atoms with Gasteiger partial charge in [-0.25, -0.2) is 0 Å². The Morgan fingerprint density at radius 3 is 1.48 bits per heavy atom. The molecule has 0 aliphatic carbocycles. The molecule has 0 aliphatic heterocycles. The number of rotatable bonds is 14. The van der Waals surface area contributed by atoms with Crippen LogP contribution in [0.3, 0.4) is 0 Å². The molecule has 23 heavy (non-hydrogen) atoms. The van der Waals surface area contributed by atoms with Crippen molar-refractivity contribution in [1.29, 1.82) is 0 Å². The van der Waals surface area contributed by atoms with Crippen LogP contribution in [0.4, 0.5) is 0 Å². The number of carbonyl (C=O) groups is 2. The molecule has 0 fully saturated rings. The molecule has 0 aromatic rings. The van der Waals surface area contributed by atoms with E-state index >= 15 is 0 Å². The highest BCUT2D eigenvalue weighted by Crippen LogP contribution is 1.99. The van der Waals surface area contributed by atoms with Crippen molar-refractivity contribution in [1.82, 2.24) is 10.6 Å². The Kier molecular flexibility index (Phi) is 13.7. The zero-order chi connectivity index (χ0) is 17.5. The summed E-state index contributed by atoms with van der Waals surface area (Å²) in [4.78, 5) is 22.7. The number of nitrogens with one attached hydrogen (secondary N) is 2. The lowest BCUT2D eigenvalue weighted by Gasteiger charge is -2.09. The SMILES string of the molecule is CC(C)CC(=O)NCOCCCCCOCNC(=O)CC(C)C. The maximum Gasteiger partial charge on any atom is 0.222 e. The second-order valence-corrected chi connectivity index (χ2v) is 6.56. The Labute approximate surface area is 140 Å². The van der Waals surface area contributed by atoms with E-state index in [0.717, 1.165) is 19.3 Å². The molecule has 136 valence electrons. The van der Waals surface area contributed by atoms with Crippen LogP contribution in [-0.4, -0.2) is 38.5 Å². The van der Waals surface area contributed by atoms with Crippen LogP contribution in [0.5, 0.6) is 0 Å². The third-order valence-electron chi connectivity index (χ3n) is 3.01. The molecular weight excluding hydrogens is 296 g/mol. The second kappa shape index (κ2) is 14.5. The van der Waals surface area contributed by atoms with Crippen LogP contribution in [0.25, 0.3) is 0 Å². The van der Waals surface area contributed by atoms with Crippen LogP contribution < -0.4 is 10.6 Å². The minimum atomic E-state index is 0.0351. The van der Waals surface area contributed by atoms with Crippen molar-refractivity contribution in [2.45, 2.75) is 59.8 Å². The molecular formula is C17H34N2O4. The van der Waals surface area contributed by atoms with Crippen molar-refractivity contribution < 1.29 is 19.1 Å². The van der Waals surface area contributed by atoms with Gasteiger partial charge in [0, 0.05) is 26.1 Å². The average molecular weight is 330 g/mol. The molecule has 0 spiro atoms. The van der Waals surface area contributed by atoms with Gasteiger partial charge in [0.2, 0.25) is 11.8 Å². The number of hydrogen-bond donors (Lipinski definition) is 2. The predicted molar refractivity (Wildman–Crippen MR) is 90.7 cm³/mol. The van der Waals surface area contributed by atoms with Gasteiger partial charge in [-0.2, -0.15) is 0 Å². The summed E-state index contributed by atoms with van der Waals surface area (Å²) in [5, 5.41) is 5.46. The first-order valence-corrected chi connectivity index (χ1v) is 8.60. The number of ether oxygens (including phenoxy) is 2. The Bertz CT molecular complexity index is 290. The topological polar surface area (TPSA) is 76.7 Å². The first kappa shape index (κ1) is 21.9. The van der Waals surface area contributed by atoms with E-state index in [9.17, 15) is 9.59 Å². The van der Waals surface area contributed by atoms with Crippen LogP contribution in [-0.2, 0) is 19.1 Å². The number of amides is 2. The van der Waals surface area contributed by atoms with Gasteiger partial charge in [0.05, 0.1) is 0 Å². The van der Waals surface area contributed by atoms with Crippen molar-refractivity contribution in [3.8, 4) is 0 Å². The van der Waals surface area contributed by atoms with Crippen molar-refractivity contribution in [3.05, 3.63) is 0 Å². The Balaban J connectivity index is 3.22. The van der Waals surface area contributed by atoms with E-state index in [4.69, 9.17) is 9.47 Å². The van der Waals surface area contributed by atoms with E-state index in [-0.39, 0.29) is 25.3 Å². The fourth-order valence-electron chi connectivity index (χ4n) is 1.88. The summed E-state index contributed by atoms with van der Waals surface area (Å²) < 4.78 is 10.7. The Hall–Kier alpha value is -1.14. The standard InChI is InChI=1S/C17H34N2O4/c1-14(2)10-16(20)18-12-22-8-6-5-7-9-23-13-19-17(21)11-15(3)4/h14-15H,5-13H2,1-4H3,(H,18,20)(H,19,21). The molecule has 6 nitrogen and oxygen atoms in total. The van der Waals surface area contributed by atoms with Crippen molar-refractivity contribution in [3.63, 3.8) is 0 Å². The molecule has 0 aromatic heterocycles. The first-order chi connectivity index (χ1) is 10.9. The lowest BCUT2D eigenvalue weighted by molar-refractivity contribution is -0.124. The lowest BCUT2D eigenvalue weighted by Crippen LogP contribution is -2.27. The van der Waals surface area contributed by atoms with Gasteiger partial charge in [0.1, 0.15) is 13.5 Å². The van der Waals surface area contributed by atoms with E-state index < -0.39 is 0 Å². The zero-order valence-corrected chi connectivity index (χ0v) is 15.2. The minimum Gasteiger partial charge on any atom is -0.361 e. The van der Waals surface area contributed by atoms with E-state index in [2.05, 4.69) is 10.6 Å². The van der Waals surface area contributed by atoms with Crippen LogP contribution in [0, 0.1) is 11.8 Å². The third-order valence-corrected chi connectivity index (χ3v) is 3.01. The molecule has 0 rings (SSSR count). The second-order valence-electron chi connectivity index (χ2n) is 6.56. The smallest absolute Gasteiger partial charge is 0.222 e. The summed E-state index contributed by atoms with van der Waals surface area (Å²) in [6.45, 7) is 9.88.